The topological polar surface area (TPSA) is 69.7 Å². The minimum Gasteiger partial charge on any atom is -0.357 e. The van der Waals surface area contributed by atoms with Crippen LogP contribution in [0.5, 0.6) is 0 Å². The van der Waals surface area contributed by atoms with Gasteiger partial charge < -0.3 is 10.2 Å². The molecule has 1 N–H and O–H groups in total. The number of hydrogen-bond acceptors (Lipinski definition) is 3. The van der Waals surface area contributed by atoms with Crippen LogP contribution in [-0.2, 0) is 16.1 Å². The Morgan fingerprint density at radius 3 is 2.31 bits per heavy atom. The summed E-state index contributed by atoms with van der Waals surface area (Å²) in [6, 6.07) is 15.4. The Balaban J connectivity index is 1.67. The smallest absolute Gasteiger partial charge is 0.259 e. The molecular formula is C24H21Cl2N3O3. The van der Waals surface area contributed by atoms with E-state index in [4.69, 9.17) is 23.2 Å². The number of hydrogen-bond donors (Lipinski definition) is 1. The van der Waals surface area contributed by atoms with Crippen LogP contribution >= 0.6 is 23.2 Å². The van der Waals surface area contributed by atoms with E-state index in [9.17, 15) is 14.4 Å². The molecule has 164 valence electrons. The maximum atomic E-state index is 13.5. The van der Waals surface area contributed by atoms with E-state index in [1.54, 1.807) is 31.2 Å². The summed E-state index contributed by atoms with van der Waals surface area (Å²) in [4.78, 5) is 41.8. The van der Waals surface area contributed by atoms with Crippen LogP contribution in [0.2, 0.25) is 10.0 Å². The van der Waals surface area contributed by atoms with E-state index in [-0.39, 0.29) is 24.9 Å². The number of carbonyl (C=O) groups excluding carboxylic acids is 3. The summed E-state index contributed by atoms with van der Waals surface area (Å²) >= 11 is 12.6. The number of halogens is 2. The van der Waals surface area contributed by atoms with Gasteiger partial charge in [-0.2, -0.15) is 0 Å². The predicted molar refractivity (Wildman–Crippen MR) is 126 cm³/mol. The van der Waals surface area contributed by atoms with E-state index in [1.807, 2.05) is 30.3 Å². The van der Waals surface area contributed by atoms with Crippen LogP contribution in [0.3, 0.4) is 0 Å². The van der Waals surface area contributed by atoms with E-state index < -0.39 is 11.9 Å². The highest BCUT2D eigenvalue weighted by molar-refractivity contribution is 6.36. The number of amides is 3. The first-order valence-corrected chi connectivity index (χ1v) is 10.9. The van der Waals surface area contributed by atoms with Crippen LogP contribution in [0.1, 0.15) is 22.8 Å². The third-order valence-corrected chi connectivity index (χ3v) is 6.45. The first-order valence-electron chi connectivity index (χ1n) is 10.1. The highest BCUT2D eigenvalue weighted by atomic mass is 35.5. The zero-order chi connectivity index (χ0) is 23.0. The van der Waals surface area contributed by atoms with Crippen molar-refractivity contribution < 1.29 is 14.4 Å². The third-order valence-electron chi connectivity index (χ3n) is 5.75. The number of likely N-dealkylation sites (N-methyl/N-ethyl adjacent to an activating group) is 1. The number of nitrogens with zero attached hydrogens (tertiary/aromatic N) is 2. The Morgan fingerprint density at radius 2 is 1.66 bits per heavy atom. The second-order valence-corrected chi connectivity index (χ2v) is 8.40. The van der Waals surface area contributed by atoms with Crippen molar-refractivity contribution in [1.29, 1.82) is 0 Å². The van der Waals surface area contributed by atoms with Gasteiger partial charge in [-0.25, -0.2) is 0 Å². The fourth-order valence-corrected chi connectivity index (χ4v) is 4.52. The van der Waals surface area contributed by atoms with Gasteiger partial charge in [0.05, 0.1) is 5.69 Å². The van der Waals surface area contributed by atoms with Gasteiger partial charge in [0.15, 0.2) is 0 Å². The maximum Gasteiger partial charge on any atom is 0.259 e. The molecule has 3 amide bonds. The van der Waals surface area contributed by atoms with Crippen molar-refractivity contribution in [2.24, 2.45) is 0 Å². The number of anilines is 1. The molecule has 1 aliphatic heterocycles. The summed E-state index contributed by atoms with van der Waals surface area (Å²) in [7, 11) is 1.51. The standard InChI is InChI=1S/C24H21Cl2N3O3/c1-14(23(31)27-2)28(12-17-18(25)9-5-10-19(17)26)21(30)13-29-20-11-4-7-15-6-3-8-16(22(15)20)24(29)32/h3-11,14H,12-13H2,1-2H3,(H,27,31). The summed E-state index contributed by atoms with van der Waals surface area (Å²) < 4.78 is 0. The molecule has 3 aromatic rings. The number of rotatable bonds is 6. The lowest BCUT2D eigenvalue weighted by Crippen LogP contribution is -2.50. The van der Waals surface area contributed by atoms with Crippen LogP contribution in [0.25, 0.3) is 10.8 Å². The average Bonchev–Trinajstić information content (AvgIpc) is 3.06. The highest BCUT2D eigenvalue weighted by Crippen LogP contribution is 2.37. The zero-order valence-corrected chi connectivity index (χ0v) is 19.1. The number of carbonyl (C=O) groups is 3. The van der Waals surface area contributed by atoms with Gasteiger partial charge in [0.1, 0.15) is 12.6 Å². The van der Waals surface area contributed by atoms with Crippen LogP contribution in [0, 0.1) is 0 Å². The van der Waals surface area contributed by atoms with Gasteiger partial charge in [0.25, 0.3) is 5.91 Å². The van der Waals surface area contributed by atoms with Crippen molar-refractivity contribution >= 4 is 57.4 Å². The summed E-state index contributed by atoms with van der Waals surface area (Å²) in [5.74, 6) is -0.969. The van der Waals surface area contributed by atoms with Crippen LogP contribution in [0.4, 0.5) is 5.69 Å². The van der Waals surface area contributed by atoms with E-state index in [0.29, 0.717) is 26.9 Å². The minimum absolute atomic E-state index is 0.0328. The highest BCUT2D eigenvalue weighted by Gasteiger charge is 2.34. The second kappa shape index (κ2) is 8.81. The van der Waals surface area contributed by atoms with Crippen molar-refractivity contribution in [2.75, 3.05) is 18.5 Å². The largest absolute Gasteiger partial charge is 0.357 e. The van der Waals surface area contributed by atoms with Gasteiger partial charge in [-0.1, -0.05) is 53.5 Å². The average molecular weight is 470 g/mol. The van der Waals surface area contributed by atoms with Crippen LogP contribution in [-0.4, -0.2) is 42.3 Å². The first-order chi connectivity index (χ1) is 15.3. The summed E-state index contributed by atoms with van der Waals surface area (Å²) in [6.45, 7) is 1.45. The second-order valence-electron chi connectivity index (χ2n) is 7.58. The Hall–Kier alpha value is -3.09. The molecule has 6 nitrogen and oxygen atoms in total. The molecule has 0 bridgehead atoms. The molecular weight excluding hydrogens is 449 g/mol. The van der Waals surface area contributed by atoms with Gasteiger partial charge in [0, 0.05) is 40.2 Å². The molecule has 0 aromatic heterocycles. The van der Waals surface area contributed by atoms with Crippen molar-refractivity contribution in [3.05, 3.63) is 75.8 Å². The number of benzene rings is 3. The normalized spacial score (nSPS) is 13.4. The molecule has 4 rings (SSSR count). The molecule has 0 fully saturated rings. The molecule has 0 aliphatic carbocycles. The summed E-state index contributed by atoms with van der Waals surface area (Å²) in [6.07, 6.45) is 0. The van der Waals surface area contributed by atoms with Gasteiger partial charge >= 0.3 is 0 Å². The molecule has 0 spiro atoms. The fourth-order valence-electron chi connectivity index (χ4n) is 4.01. The van der Waals surface area contributed by atoms with E-state index >= 15 is 0 Å². The van der Waals surface area contributed by atoms with E-state index in [0.717, 1.165) is 10.8 Å². The Morgan fingerprint density at radius 1 is 1.03 bits per heavy atom. The van der Waals surface area contributed by atoms with Gasteiger partial charge in [-0.05, 0) is 36.6 Å². The molecule has 1 unspecified atom stereocenters. The maximum absolute atomic E-state index is 13.5. The van der Waals surface area contributed by atoms with Crippen molar-refractivity contribution in [2.45, 2.75) is 19.5 Å². The lowest BCUT2D eigenvalue weighted by atomic mass is 10.1. The van der Waals surface area contributed by atoms with Crippen LogP contribution in [0.15, 0.2) is 54.6 Å². The molecule has 0 radical (unpaired) electrons. The Bertz CT molecular complexity index is 1220. The molecule has 3 aromatic carbocycles. The van der Waals surface area contributed by atoms with Crippen molar-refractivity contribution in [1.82, 2.24) is 10.2 Å². The van der Waals surface area contributed by atoms with E-state index in [1.165, 1.54) is 16.8 Å². The van der Waals surface area contributed by atoms with Gasteiger partial charge in [-0.15, -0.1) is 0 Å². The molecule has 8 heteroatoms. The molecule has 1 aliphatic rings. The lowest BCUT2D eigenvalue weighted by molar-refractivity contribution is -0.139. The van der Waals surface area contributed by atoms with Crippen LogP contribution < -0.4 is 10.2 Å². The van der Waals surface area contributed by atoms with Crippen molar-refractivity contribution in [3.8, 4) is 0 Å². The third kappa shape index (κ3) is 3.80. The molecule has 0 saturated carbocycles. The summed E-state index contributed by atoms with van der Waals surface area (Å²) in [5.41, 5.74) is 1.78. The van der Waals surface area contributed by atoms with Crippen molar-refractivity contribution in [3.63, 3.8) is 0 Å². The zero-order valence-electron chi connectivity index (χ0n) is 17.6. The van der Waals surface area contributed by atoms with Gasteiger partial charge in [0.2, 0.25) is 11.8 Å². The fraction of sp³-hybridized carbons (Fsp3) is 0.208. The SMILES string of the molecule is CNC(=O)C(C)N(Cc1c(Cl)cccc1Cl)C(=O)CN1C(=O)c2cccc3cccc1c23. The molecule has 0 saturated heterocycles. The first kappa shape index (κ1) is 22.1. The summed E-state index contributed by atoms with van der Waals surface area (Å²) in [5, 5.41) is 5.12. The monoisotopic (exact) mass is 469 g/mol. The Labute approximate surface area is 195 Å². The lowest BCUT2D eigenvalue weighted by Gasteiger charge is -2.30. The quantitative estimate of drug-likeness (QED) is 0.585. The number of nitrogens with one attached hydrogen (secondary N) is 1. The predicted octanol–water partition coefficient (Wildman–Crippen LogP) is 4.27. The Kier molecular flexibility index (Phi) is 6.09. The minimum atomic E-state index is -0.796. The van der Waals surface area contributed by atoms with Gasteiger partial charge in [-0.3, -0.25) is 19.3 Å². The molecule has 1 heterocycles. The molecule has 1 atom stereocenters. The molecule has 32 heavy (non-hydrogen) atoms. The van der Waals surface area contributed by atoms with E-state index in [2.05, 4.69) is 5.32 Å².